The predicted octanol–water partition coefficient (Wildman–Crippen LogP) is 1.49. The molecule has 0 bridgehead atoms. The minimum Gasteiger partial charge on any atom is -0.389 e. The molecule has 2 amide bonds. The first-order valence-corrected chi connectivity index (χ1v) is 10.2. The fraction of sp³-hybridized carbons (Fsp3) is 0.619. The van der Waals surface area contributed by atoms with E-state index in [1.165, 1.54) is 24.3 Å². The number of amides is 2. The van der Waals surface area contributed by atoms with Gasteiger partial charge in [0.2, 0.25) is 5.91 Å². The van der Waals surface area contributed by atoms with Gasteiger partial charge in [-0.1, -0.05) is 6.92 Å². The number of benzene rings is 1. The van der Waals surface area contributed by atoms with Crippen LogP contribution in [-0.2, 0) is 14.3 Å². The van der Waals surface area contributed by atoms with Crippen molar-refractivity contribution in [1.82, 2.24) is 10.2 Å². The lowest BCUT2D eigenvalue weighted by molar-refractivity contribution is -0.150. The number of ether oxygens (including phenoxy) is 2. The first kappa shape index (κ1) is 21.7. The number of nitrogens with one attached hydrogen (secondary N) is 1. The van der Waals surface area contributed by atoms with Gasteiger partial charge in [0.05, 0.1) is 37.9 Å². The number of β-amino-alcohol motifs (C(OH)–C–C–N with tert-alkyl or cyclic N) is 1. The maximum atomic E-state index is 13.2. The smallest absolute Gasteiger partial charge is 0.254 e. The van der Waals surface area contributed by atoms with Crippen LogP contribution in [0.15, 0.2) is 24.3 Å². The molecule has 0 aromatic heterocycles. The summed E-state index contributed by atoms with van der Waals surface area (Å²) >= 11 is 0. The molecule has 160 valence electrons. The van der Waals surface area contributed by atoms with E-state index >= 15 is 0 Å². The second-order valence-electron chi connectivity index (χ2n) is 7.65. The van der Waals surface area contributed by atoms with Crippen LogP contribution in [0, 0.1) is 5.82 Å². The Hall–Kier alpha value is -2.03. The van der Waals surface area contributed by atoms with Crippen molar-refractivity contribution in [3.05, 3.63) is 35.6 Å². The number of hydrogen-bond donors (Lipinski definition) is 2. The Labute approximate surface area is 170 Å². The quantitative estimate of drug-likeness (QED) is 0.771. The van der Waals surface area contributed by atoms with Crippen molar-refractivity contribution in [3.8, 4) is 0 Å². The van der Waals surface area contributed by atoms with E-state index in [0.717, 1.165) is 6.42 Å². The highest BCUT2D eigenvalue weighted by molar-refractivity contribution is 5.94. The van der Waals surface area contributed by atoms with Gasteiger partial charge in [0, 0.05) is 18.7 Å². The molecule has 2 aliphatic heterocycles. The Morgan fingerprint density at radius 2 is 2.00 bits per heavy atom. The van der Waals surface area contributed by atoms with Crippen LogP contribution in [0.2, 0.25) is 0 Å². The van der Waals surface area contributed by atoms with Crippen LogP contribution >= 0.6 is 0 Å². The Kier molecular flexibility index (Phi) is 7.57. The lowest BCUT2D eigenvalue weighted by Crippen LogP contribution is -2.57. The largest absolute Gasteiger partial charge is 0.389 e. The number of fused-ring (bicyclic) bond motifs is 1. The van der Waals surface area contributed by atoms with Gasteiger partial charge in [0.25, 0.3) is 5.91 Å². The molecule has 4 atom stereocenters. The minimum absolute atomic E-state index is 0.0447. The maximum Gasteiger partial charge on any atom is 0.254 e. The summed E-state index contributed by atoms with van der Waals surface area (Å²) in [6, 6.07) is 5.10. The molecule has 0 aliphatic carbocycles. The maximum absolute atomic E-state index is 13.2. The summed E-state index contributed by atoms with van der Waals surface area (Å²) in [5.74, 6) is -0.730. The zero-order valence-electron chi connectivity index (χ0n) is 16.7. The van der Waals surface area contributed by atoms with Crippen LogP contribution in [0.4, 0.5) is 4.39 Å². The van der Waals surface area contributed by atoms with Gasteiger partial charge >= 0.3 is 0 Å². The average Bonchev–Trinajstić information content (AvgIpc) is 2.70. The summed E-state index contributed by atoms with van der Waals surface area (Å²) in [5.41, 5.74) is 0.361. The zero-order chi connectivity index (χ0) is 20.8. The number of halogens is 1. The number of carbonyl (C=O) groups excluding carboxylic acids is 2. The second kappa shape index (κ2) is 10.1. The standard InChI is InChI=1S/C21H29FN2O5/c1-2-9-23-20(26)10-17-7-8-18-19(29-17)13-28-12-16(25)11-24(18)21(27)14-3-5-15(22)6-4-14/h3-6,16-19,25H,2,7-13H2,1H3,(H,23,26)/t16-,17-,18+,19-/m1/s1. The Balaban J connectivity index is 1.71. The summed E-state index contributed by atoms with van der Waals surface area (Å²) in [4.78, 5) is 26.7. The van der Waals surface area contributed by atoms with Gasteiger partial charge in [-0.25, -0.2) is 4.39 Å². The number of carbonyl (C=O) groups is 2. The Bertz CT molecular complexity index is 699. The van der Waals surface area contributed by atoms with Crippen LogP contribution in [0.1, 0.15) is 43.0 Å². The fourth-order valence-corrected chi connectivity index (χ4v) is 3.88. The van der Waals surface area contributed by atoms with E-state index in [0.29, 0.717) is 24.9 Å². The lowest BCUT2D eigenvalue weighted by atomic mass is 9.94. The molecule has 0 unspecified atom stereocenters. The molecule has 2 saturated heterocycles. The van der Waals surface area contributed by atoms with Gasteiger partial charge in [-0.3, -0.25) is 9.59 Å². The van der Waals surface area contributed by atoms with Gasteiger partial charge < -0.3 is 24.8 Å². The summed E-state index contributed by atoms with van der Waals surface area (Å²) < 4.78 is 24.9. The molecule has 3 rings (SSSR count). The fourth-order valence-electron chi connectivity index (χ4n) is 3.88. The molecule has 1 aromatic rings. The average molecular weight is 408 g/mol. The van der Waals surface area contributed by atoms with Crippen LogP contribution in [-0.4, -0.2) is 72.5 Å². The first-order chi connectivity index (χ1) is 14.0. The number of aliphatic hydroxyl groups excluding tert-OH is 1. The topological polar surface area (TPSA) is 88.1 Å². The van der Waals surface area contributed by atoms with Gasteiger partial charge in [-0.05, 0) is 43.5 Å². The summed E-state index contributed by atoms with van der Waals surface area (Å²) in [6.07, 6.45) is 0.992. The van der Waals surface area contributed by atoms with Crippen LogP contribution in [0.25, 0.3) is 0 Å². The van der Waals surface area contributed by atoms with E-state index in [1.807, 2.05) is 6.92 Å². The third-order valence-electron chi connectivity index (χ3n) is 5.32. The molecule has 0 saturated carbocycles. The zero-order valence-corrected chi connectivity index (χ0v) is 16.7. The van der Waals surface area contributed by atoms with Crippen molar-refractivity contribution in [2.45, 2.75) is 57.0 Å². The van der Waals surface area contributed by atoms with Crippen molar-refractivity contribution in [1.29, 1.82) is 0 Å². The highest BCUT2D eigenvalue weighted by Gasteiger charge is 2.40. The monoisotopic (exact) mass is 408 g/mol. The molecule has 2 N–H and O–H groups in total. The molecule has 0 spiro atoms. The van der Waals surface area contributed by atoms with Gasteiger partial charge in [0.1, 0.15) is 11.9 Å². The normalized spacial score (nSPS) is 27.5. The number of rotatable bonds is 5. The highest BCUT2D eigenvalue weighted by atomic mass is 19.1. The van der Waals surface area contributed by atoms with E-state index in [9.17, 15) is 19.1 Å². The van der Waals surface area contributed by atoms with E-state index in [2.05, 4.69) is 5.32 Å². The molecule has 2 aliphatic rings. The van der Waals surface area contributed by atoms with E-state index < -0.39 is 11.9 Å². The summed E-state index contributed by atoms with van der Waals surface area (Å²) in [6.45, 7) is 3.08. The second-order valence-corrected chi connectivity index (χ2v) is 7.65. The van der Waals surface area contributed by atoms with Crippen molar-refractivity contribution in [2.75, 3.05) is 26.3 Å². The van der Waals surface area contributed by atoms with Crippen LogP contribution < -0.4 is 5.32 Å². The van der Waals surface area contributed by atoms with E-state index in [4.69, 9.17) is 9.47 Å². The number of aliphatic hydroxyl groups is 1. The van der Waals surface area contributed by atoms with E-state index in [-0.39, 0.29) is 56.2 Å². The number of nitrogens with zero attached hydrogens (tertiary/aromatic N) is 1. The summed E-state index contributed by atoms with van der Waals surface area (Å²) in [5, 5.41) is 13.0. The molecule has 0 radical (unpaired) electrons. The van der Waals surface area contributed by atoms with Gasteiger partial charge in [-0.15, -0.1) is 0 Å². The van der Waals surface area contributed by atoms with Crippen LogP contribution in [0.5, 0.6) is 0 Å². The van der Waals surface area contributed by atoms with Crippen LogP contribution in [0.3, 0.4) is 0 Å². The van der Waals surface area contributed by atoms with Crippen molar-refractivity contribution in [2.24, 2.45) is 0 Å². The molecule has 8 heteroatoms. The third kappa shape index (κ3) is 5.74. The molecular weight excluding hydrogens is 379 g/mol. The van der Waals surface area contributed by atoms with Gasteiger partial charge in [-0.2, -0.15) is 0 Å². The van der Waals surface area contributed by atoms with Crippen molar-refractivity contribution < 1.29 is 28.6 Å². The molecule has 7 nitrogen and oxygen atoms in total. The molecule has 29 heavy (non-hydrogen) atoms. The van der Waals surface area contributed by atoms with E-state index in [1.54, 1.807) is 4.90 Å². The van der Waals surface area contributed by atoms with Crippen molar-refractivity contribution in [3.63, 3.8) is 0 Å². The molecule has 1 aromatic carbocycles. The minimum atomic E-state index is -0.808. The molecular formula is C21H29FN2O5. The predicted molar refractivity (Wildman–Crippen MR) is 104 cm³/mol. The Morgan fingerprint density at radius 1 is 1.24 bits per heavy atom. The van der Waals surface area contributed by atoms with Crippen molar-refractivity contribution >= 4 is 11.8 Å². The molecule has 2 fully saturated rings. The summed E-state index contributed by atoms with van der Waals surface area (Å²) in [7, 11) is 0. The van der Waals surface area contributed by atoms with Gasteiger partial charge in [0.15, 0.2) is 0 Å². The molecule has 2 heterocycles. The first-order valence-electron chi connectivity index (χ1n) is 10.2. The number of hydrogen-bond acceptors (Lipinski definition) is 5. The lowest BCUT2D eigenvalue weighted by Gasteiger charge is -2.44. The highest BCUT2D eigenvalue weighted by Crippen LogP contribution is 2.28. The Morgan fingerprint density at radius 3 is 2.72 bits per heavy atom. The SMILES string of the molecule is CCCNC(=O)C[C@H]1CC[C@H]2[C@@H](COC[C@H](O)CN2C(=O)c2ccc(F)cc2)O1. The third-order valence-corrected chi connectivity index (χ3v) is 5.32.